The summed E-state index contributed by atoms with van der Waals surface area (Å²) < 4.78 is 6.87. The molecule has 0 bridgehead atoms. The van der Waals surface area contributed by atoms with E-state index in [1.807, 2.05) is 29.3 Å². The Bertz CT molecular complexity index is 1040. The van der Waals surface area contributed by atoms with Gasteiger partial charge in [0, 0.05) is 51.7 Å². The molecule has 0 spiro atoms. The number of amides is 2. The van der Waals surface area contributed by atoms with Crippen molar-refractivity contribution in [3.8, 4) is 5.82 Å². The zero-order chi connectivity index (χ0) is 21.9. The molecule has 0 radical (unpaired) electrons. The van der Waals surface area contributed by atoms with Crippen molar-refractivity contribution in [2.24, 2.45) is 5.92 Å². The van der Waals surface area contributed by atoms with Crippen molar-refractivity contribution >= 4 is 17.6 Å². The van der Waals surface area contributed by atoms with Gasteiger partial charge in [0.05, 0.1) is 12.2 Å². The number of nitrogens with zero attached hydrogens (tertiary/aromatic N) is 7. The molecule has 0 aliphatic carbocycles. The third kappa shape index (κ3) is 4.08. The number of carbonyl (C=O) groups is 2. The van der Waals surface area contributed by atoms with Crippen LogP contribution in [0.1, 0.15) is 23.4 Å². The van der Waals surface area contributed by atoms with Gasteiger partial charge in [-0.2, -0.15) is 5.10 Å². The summed E-state index contributed by atoms with van der Waals surface area (Å²) in [7, 11) is 0. The van der Waals surface area contributed by atoms with E-state index in [2.05, 4.69) is 20.2 Å². The van der Waals surface area contributed by atoms with Crippen molar-refractivity contribution in [1.29, 1.82) is 0 Å². The molecule has 10 nitrogen and oxygen atoms in total. The summed E-state index contributed by atoms with van der Waals surface area (Å²) in [4.78, 5) is 31.4. The fourth-order valence-electron chi connectivity index (χ4n) is 4.34. The molecule has 2 aliphatic heterocycles. The SMILES string of the molecule is O=C(c1ccco1)N1CCN(C(=O)[C@@H]2CCCN(c3ccc(-n4cccn4)nn3)C2)CC1. The summed E-state index contributed by atoms with van der Waals surface area (Å²) in [6.07, 6.45) is 6.80. The lowest BCUT2D eigenvalue weighted by molar-refractivity contribution is -0.137. The van der Waals surface area contributed by atoms with E-state index < -0.39 is 0 Å². The van der Waals surface area contributed by atoms with Crippen molar-refractivity contribution in [3.05, 3.63) is 54.7 Å². The van der Waals surface area contributed by atoms with Gasteiger partial charge >= 0.3 is 0 Å². The van der Waals surface area contributed by atoms with Gasteiger partial charge < -0.3 is 19.1 Å². The summed E-state index contributed by atoms with van der Waals surface area (Å²) in [5.41, 5.74) is 0. The molecule has 2 amide bonds. The van der Waals surface area contributed by atoms with Crippen molar-refractivity contribution in [1.82, 2.24) is 29.8 Å². The molecule has 3 aromatic heterocycles. The number of hydrogen-bond donors (Lipinski definition) is 0. The van der Waals surface area contributed by atoms with Crippen LogP contribution in [0, 0.1) is 5.92 Å². The average Bonchev–Trinajstić information content (AvgIpc) is 3.58. The van der Waals surface area contributed by atoms with Gasteiger partial charge in [-0.05, 0) is 43.2 Å². The highest BCUT2D eigenvalue weighted by Crippen LogP contribution is 2.24. The van der Waals surface area contributed by atoms with Gasteiger partial charge in [0.25, 0.3) is 5.91 Å². The monoisotopic (exact) mass is 435 g/mol. The van der Waals surface area contributed by atoms with E-state index in [9.17, 15) is 9.59 Å². The first-order valence-corrected chi connectivity index (χ1v) is 10.9. The minimum Gasteiger partial charge on any atom is -0.459 e. The molecule has 2 saturated heterocycles. The first-order valence-electron chi connectivity index (χ1n) is 10.9. The van der Waals surface area contributed by atoms with Gasteiger partial charge in [-0.25, -0.2) is 4.68 Å². The molecule has 0 saturated carbocycles. The number of hydrogen-bond acceptors (Lipinski definition) is 7. The van der Waals surface area contributed by atoms with E-state index in [1.165, 1.54) is 6.26 Å². The Kier molecular flexibility index (Phi) is 5.57. The highest BCUT2D eigenvalue weighted by molar-refractivity contribution is 5.91. The number of piperidine rings is 1. The minimum absolute atomic E-state index is 0.0799. The quantitative estimate of drug-likeness (QED) is 0.611. The molecular weight excluding hydrogens is 410 g/mol. The molecule has 2 aliphatic rings. The third-order valence-electron chi connectivity index (χ3n) is 6.08. The van der Waals surface area contributed by atoms with Crippen LogP contribution in [0.5, 0.6) is 0 Å². The van der Waals surface area contributed by atoms with Gasteiger partial charge in [0.2, 0.25) is 5.91 Å². The Morgan fingerprint density at radius 3 is 2.41 bits per heavy atom. The van der Waals surface area contributed by atoms with E-state index in [-0.39, 0.29) is 17.7 Å². The maximum Gasteiger partial charge on any atom is 0.289 e. The van der Waals surface area contributed by atoms with Crippen LogP contribution in [0.15, 0.2) is 53.4 Å². The van der Waals surface area contributed by atoms with Crippen LogP contribution in [0.2, 0.25) is 0 Å². The van der Waals surface area contributed by atoms with E-state index in [0.29, 0.717) is 44.3 Å². The Labute approximate surface area is 185 Å². The van der Waals surface area contributed by atoms with Crippen LogP contribution in [-0.2, 0) is 4.79 Å². The van der Waals surface area contributed by atoms with Gasteiger partial charge in [0.1, 0.15) is 0 Å². The molecule has 2 fully saturated rings. The molecule has 0 N–H and O–H groups in total. The van der Waals surface area contributed by atoms with Crippen LogP contribution in [0.25, 0.3) is 5.82 Å². The maximum atomic E-state index is 13.2. The fraction of sp³-hybridized carbons (Fsp3) is 0.409. The second-order valence-electron chi connectivity index (χ2n) is 8.08. The molecule has 166 valence electrons. The second-order valence-corrected chi connectivity index (χ2v) is 8.08. The molecule has 10 heteroatoms. The predicted octanol–water partition coefficient (Wildman–Crippen LogP) is 1.46. The topological polar surface area (TPSA) is 101 Å². The predicted molar refractivity (Wildman–Crippen MR) is 115 cm³/mol. The van der Waals surface area contributed by atoms with E-state index >= 15 is 0 Å². The van der Waals surface area contributed by atoms with Crippen LogP contribution < -0.4 is 4.90 Å². The molecule has 5 heterocycles. The summed E-state index contributed by atoms with van der Waals surface area (Å²) in [5.74, 6) is 1.72. The van der Waals surface area contributed by atoms with E-state index in [1.54, 1.807) is 27.9 Å². The summed E-state index contributed by atoms with van der Waals surface area (Å²) in [6, 6.07) is 9.02. The molecule has 0 unspecified atom stereocenters. The third-order valence-corrected chi connectivity index (χ3v) is 6.08. The van der Waals surface area contributed by atoms with E-state index in [0.717, 1.165) is 25.2 Å². The first kappa shape index (κ1) is 20.2. The average molecular weight is 435 g/mol. The lowest BCUT2D eigenvalue weighted by Gasteiger charge is -2.39. The first-order chi connectivity index (χ1) is 15.7. The molecular formula is C22H25N7O3. The summed E-state index contributed by atoms with van der Waals surface area (Å²) >= 11 is 0. The molecule has 32 heavy (non-hydrogen) atoms. The number of furan rings is 1. The number of anilines is 1. The van der Waals surface area contributed by atoms with Crippen molar-refractivity contribution < 1.29 is 14.0 Å². The van der Waals surface area contributed by atoms with Crippen molar-refractivity contribution in [2.45, 2.75) is 12.8 Å². The molecule has 3 aromatic rings. The maximum absolute atomic E-state index is 13.2. The molecule has 5 rings (SSSR count). The smallest absolute Gasteiger partial charge is 0.289 e. The highest BCUT2D eigenvalue weighted by Gasteiger charge is 2.33. The largest absolute Gasteiger partial charge is 0.459 e. The van der Waals surface area contributed by atoms with E-state index in [4.69, 9.17) is 4.42 Å². The Hall–Kier alpha value is -3.69. The zero-order valence-corrected chi connectivity index (χ0v) is 17.7. The fourth-order valence-corrected chi connectivity index (χ4v) is 4.34. The highest BCUT2D eigenvalue weighted by atomic mass is 16.3. The lowest BCUT2D eigenvalue weighted by atomic mass is 9.96. The van der Waals surface area contributed by atoms with Gasteiger partial charge in [-0.15, -0.1) is 10.2 Å². The van der Waals surface area contributed by atoms with Crippen molar-refractivity contribution in [3.63, 3.8) is 0 Å². The second kappa shape index (κ2) is 8.81. The van der Waals surface area contributed by atoms with Crippen LogP contribution in [-0.4, -0.2) is 80.9 Å². The van der Waals surface area contributed by atoms with Crippen LogP contribution >= 0.6 is 0 Å². The minimum atomic E-state index is -0.122. The molecule has 1 atom stereocenters. The molecule has 0 aromatic carbocycles. The number of piperazine rings is 1. The Morgan fingerprint density at radius 2 is 1.72 bits per heavy atom. The number of aromatic nitrogens is 4. The summed E-state index contributed by atoms with van der Waals surface area (Å²) in [5, 5.41) is 12.8. The van der Waals surface area contributed by atoms with Gasteiger partial charge in [-0.1, -0.05) is 0 Å². The van der Waals surface area contributed by atoms with Crippen molar-refractivity contribution in [2.75, 3.05) is 44.2 Å². The van der Waals surface area contributed by atoms with Crippen LogP contribution in [0.3, 0.4) is 0 Å². The van der Waals surface area contributed by atoms with Gasteiger partial charge in [0.15, 0.2) is 17.4 Å². The zero-order valence-electron chi connectivity index (χ0n) is 17.7. The lowest BCUT2D eigenvalue weighted by Crippen LogP contribution is -2.53. The summed E-state index contributed by atoms with van der Waals surface area (Å²) in [6.45, 7) is 3.59. The number of carbonyl (C=O) groups excluding carboxylic acids is 2. The van der Waals surface area contributed by atoms with Crippen LogP contribution in [0.4, 0.5) is 5.82 Å². The Morgan fingerprint density at radius 1 is 0.938 bits per heavy atom. The Balaban J connectivity index is 1.18. The standard InChI is InChI=1S/C22H25N7O3/c30-21(26-11-13-27(14-12-26)22(31)18-5-2-15-32-18)17-4-1-9-28(16-17)19-6-7-20(25-24-19)29-10-3-8-23-29/h2-3,5-8,10,15,17H,1,4,9,11-14,16H2/t17-/m1/s1. The number of rotatable bonds is 4. The normalized spacial score (nSPS) is 19.2. The van der Waals surface area contributed by atoms with Gasteiger partial charge in [-0.3, -0.25) is 9.59 Å².